The highest BCUT2D eigenvalue weighted by molar-refractivity contribution is 7.98. The lowest BCUT2D eigenvalue weighted by Gasteiger charge is -2.33. The van der Waals surface area contributed by atoms with Crippen LogP contribution in [0.3, 0.4) is 0 Å². The molecule has 1 aliphatic carbocycles. The predicted octanol–water partition coefficient (Wildman–Crippen LogP) is 7.26. The SMILES string of the molecule is CSCC[C@H](NC(=O)c1ccc(CN2[C@@H](CSC)CC[C@@H]2CC2CCCCC2)cc1-c1ccccc1C)C(=O)O. The number of likely N-dealkylation sites (tertiary alicyclic amines) is 1. The first-order chi connectivity index (χ1) is 19.4. The first kappa shape index (κ1) is 31.0. The number of benzene rings is 2. The molecule has 1 heterocycles. The number of aliphatic carboxylic acids is 1. The van der Waals surface area contributed by atoms with E-state index in [4.69, 9.17) is 0 Å². The molecule has 7 heteroatoms. The molecule has 218 valence electrons. The number of nitrogens with one attached hydrogen (secondary N) is 1. The molecule has 1 saturated carbocycles. The lowest BCUT2D eigenvalue weighted by atomic mass is 9.84. The van der Waals surface area contributed by atoms with Gasteiger partial charge in [-0.05, 0) is 91.2 Å². The minimum atomic E-state index is -0.991. The van der Waals surface area contributed by atoms with Crippen LogP contribution in [-0.2, 0) is 11.3 Å². The van der Waals surface area contributed by atoms with Gasteiger partial charge in [-0.1, -0.05) is 62.4 Å². The Morgan fingerprint density at radius 3 is 2.42 bits per heavy atom. The second-order valence-corrected chi connectivity index (χ2v) is 13.5. The van der Waals surface area contributed by atoms with Gasteiger partial charge in [-0.3, -0.25) is 9.69 Å². The predicted molar refractivity (Wildman–Crippen MR) is 170 cm³/mol. The molecule has 1 saturated heterocycles. The van der Waals surface area contributed by atoms with E-state index in [1.54, 1.807) is 11.8 Å². The molecule has 2 fully saturated rings. The number of hydrogen-bond acceptors (Lipinski definition) is 5. The van der Waals surface area contributed by atoms with Gasteiger partial charge in [0.2, 0.25) is 0 Å². The van der Waals surface area contributed by atoms with Crippen LogP contribution in [0.4, 0.5) is 0 Å². The number of carboxylic acids is 1. The number of carbonyl (C=O) groups excluding carboxylic acids is 1. The first-order valence-electron chi connectivity index (χ1n) is 14.9. The summed E-state index contributed by atoms with van der Waals surface area (Å²) in [4.78, 5) is 28.1. The van der Waals surface area contributed by atoms with Gasteiger partial charge >= 0.3 is 5.97 Å². The number of rotatable bonds is 13. The molecule has 3 atom stereocenters. The summed E-state index contributed by atoms with van der Waals surface area (Å²) in [6, 6.07) is 14.6. The third kappa shape index (κ3) is 8.07. The van der Waals surface area contributed by atoms with Crippen molar-refractivity contribution in [2.24, 2.45) is 5.92 Å². The van der Waals surface area contributed by atoms with Crippen LogP contribution in [-0.4, -0.2) is 64.0 Å². The van der Waals surface area contributed by atoms with Gasteiger partial charge in [0, 0.05) is 29.9 Å². The van der Waals surface area contributed by atoms with E-state index >= 15 is 0 Å². The van der Waals surface area contributed by atoms with Crippen LogP contribution in [0, 0.1) is 12.8 Å². The zero-order chi connectivity index (χ0) is 28.5. The summed E-state index contributed by atoms with van der Waals surface area (Å²) in [6.45, 7) is 2.95. The maximum absolute atomic E-state index is 13.5. The number of hydrogen-bond donors (Lipinski definition) is 2. The van der Waals surface area contributed by atoms with Gasteiger partial charge in [0.05, 0.1) is 0 Å². The van der Waals surface area contributed by atoms with Crippen molar-refractivity contribution in [3.05, 3.63) is 59.2 Å². The Morgan fingerprint density at radius 2 is 1.73 bits per heavy atom. The molecule has 5 nitrogen and oxygen atoms in total. The fraction of sp³-hybridized carbons (Fsp3) is 0.576. The molecule has 0 unspecified atom stereocenters. The maximum Gasteiger partial charge on any atom is 0.326 e. The van der Waals surface area contributed by atoms with Crippen molar-refractivity contribution in [1.29, 1.82) is 0 Å². The molecule has 2 aromatic carbocycles. The average molecular weight is 583 g/mol. The zero-order valence-corrected chi connectivity index (χ0v) is 26.0. The third-order valence-corrected chi connectivity index (χ3v) is 10.2. The van der Waals surface area contributed by atoms with E-state index in [-0.39, 0.29) is 5.91 Å². The van der Waals surface area contributed by atoms with E-state index < -0.39 is 12.0 Å². The number of aryl methyl sites for hydroxylation is 1. The van der Waals surface area contributed by atoms with Gasteiger partial charge in [-0.15, -0.1) is 0 Å². The Bertz CT molecular complexity index is 1130. The Balaban J connectivity index is 1.62. The second-order valence-electron chi connectivity index (χ2n) is 11.6. The van der Waals surface area contributed by atoms with Crippen molar-refractivity contribution < 1.29 is 14.7 Å². The lowest BCUT2D eigenvalue weighted by Crippen LogP contribution is -2.41. The van der Waals surface area contributed by atoms with Crippen molar-refractivity contribution >= 4 is 35.4 Å². The van der Waals surface area contributed by atoms with Crippen molar-refractivity contribution in [3.63, 3.8) is 0 Å². The Morgan fingerprint density at radius 1 is 0.975 bits per heavy atom. The normalized spacial score (nSPS) is 20.9. The Kier molecular flexibility index (Phi) is 11.9. The summed E-state index contributed by atoms with van der Waals surface area (Å²) < 4.78 is 0. The minimum Gasteiger partial charge on any atom is -0.480 e. The van der Waals surface area contributed by atoms with Crippen LogP contribution >= 0.6 is 23.5 Å². The number of amides is 1. The molecular weight excluding hydrogens is 537 g/mol. The van der Waals surface area contributed by atoms with Crippen LogP contribution in [0.25, 0.3) is 11.1 Å². The second kappa shape index (κ2) is 15.3. The number of nitrogens with zero attached hydrogens (tertiary/aromatic N) is 1. The molecule has 0 radical (unpaired) electrons. The number of thioether (sulfide) groups is 2. The number of carbonyl (C=O) groups is 2. The van der Waals surface area contributed by atoms with E-state index in [0.717, 1.165) is 34.9 Å². The van der Waals surface area contributed by atoms with Gasteiger partial charge in [0.1, 0.15) is 6.04 Å². The van der Waals surface area contributed by atoms with Gasteiger partial charge in [0.15, 0.2) is 0 Å². The summed E-state index contributed by atoms with van der Waals surface area (Å²) >= 11 is 3.52. The van der Waals surface area contributed by atoms with Crippen LogP contribution < -0.4 is 5.32 Å². The van der Waals surface area contributed by atoms with E-state index in [2.05, 4.69) is 47.7 Å². The molecule has 40 heavy (non-hydrogen) atoms. The highest BCUT2D eigenvalue weighted by atomic mass is 32.2. The van der Waals surface area contributed by atoms with Gasteiger partial charge in [-0.25, -0.2) is 4.79 Å². The highest BCUT2D eigenvalue weighted by Crippen LogP contribution is 2.37. The standard InChI is InChI=1S/C33H46N2O3S2/c1-23-9-7-8-12-28(23)30-20-25(13-16-29(30)32(36)34-31(33(37)38)17-18-39-2)21-35-26(14-15-27(35)22-40-3)19-24-10-5-4-6-11-24/h7-9,12-13,16,20,24,26-27,31H,4-6,10-11,14-15,17-19,21-22H2,1-3H3,(H,34,36)(H,37,38)/t26-,27-,31+/m1/s1. The van der Waals surface area contributed by atoms with E-state index in [0.29, 0.717) is 29.8 Å². The lowest BCUT2D eigenvalue weighted by molar-refractivity contribution is -0.139. The molecule has 0 bridgehead atoms. The molecule has 1 amide bonds. The summed E-state index contributed by atoms with van der Waals surface area (Å²) in [5.74, 6) is 1.37. The summed E-state index contributed by atoms with van der Waals surface area (Å²) in [7, 11) is 0. The minimum absolute atomic E-state index is 0.324. The largest absolute Gasteiger partial charge is 0.480 e. The van der Waals surface area contributed by atoms with Gasteiger partial charge in [-0.2, -0.15) is 23.5 Å². The summed E-state index contributed by atoms with van der Waals surface area (Å²) in [6.07, 6.45) is 15.3. The number of carboxylic acid groups (broad SMARTS) is 1. The molecule has 1 aliphatic heterocycles. The average Bonchev–Trinajstić information content (AvgIpc) is 3.32. The summed E-state index contributed by atoms with van der Waals surface area (Å²) in [5.41, 5.74) is 4.75. The Labute approximate surface area is 249 Å². The zero-order valence-electron chi connectivity index (χ0n) is 24.4. The van der Waals surface area contributed by atoms with E-state index in [1.165, 1.54) is 56.9 Å². The quantitative estimate of drug-likeness (QED) is 0.259. The monoisotopic (exact) mass is 582 g/mol. The topological polar surface area (TPSA) is 69.6 Å². The highest BCUT2D eigenvalue weighted by Gasteiger charge is 2.35. The maximum atomic E-state index is 13.5. The smallest absolute Gasteiger partial charge is 0.326 e. The van der Waals surface area contributed by atoms with Crippen molar-refractivity contribution in [2.45, 2.75) is 89.4 Å². The van der Waals surface area contributed by atoms with Crippen molar-refractivity contribution in [1.82, 2.24) is 10.2 Å². The Hall–Kier alpha value is -1.96. The van der Waals surface area contributed by atoms with Crippen LogP contribution in [0.5, 0.6) is 0 Å². The van der Waals surface area contributed by atoms with E-state index in [1.807, 2.05) is 36.2 Å². The van der Waals surface area contributed by atoms with Crippen molar-refractivity contribution in [3.8, 4) is 11.1 Å². The summed E-state index contributed by atoms with van der Waals surface area (Å²) in [5, 5.41) is 12.5. The van der Waals surface area contributed by atoms with Crippen molar-refractivity contribution in [2.75, 3.05) is 24.0 Å². The van der Waals surface area contributed by atoms with Crippen LogP contribution in [0.15, 0.2) is 42.5 Å². The van der Waals surface area contributed by atoms with Gasteiger partial charge in [0.25, 0.3) is 5.91 Å². The molecule has 0 aromatic heterocycles. The molecule has 2 N–H and O–H groups in total. The first-order valence-corrected chi connectivity index (χ1v) is 17.7. The van der Waals surface area contributed by atoms with E-state index in [9.17, 15) is 14.7 Å². The molecular formula is C33H46N2O3S2. The fourth-order valence-electron chi connectivity index (χ4n) is 6.63. The molecule has 2 aromatic rings. The van der Waals surface area contributed by atoms with Crippen LogP contribution in [0.1, 0.15) is 79.3 Å². The van der Waals surface area contributed by atoms with Gasteiger partial charge < -0.3 is 10.4 Å². The molecule has 0 spiro atoms. The van der Waals surface area contributed by atoms with Crippen LogP contribution in [0.2, 0.25) is 0 Å². The fourth-order valence-corrected chi connectivity index (χ4v) is 7.84. The third-order valence-electron chi connectivity index (χ3n) is 8.80. The molecule has 4 rings (SSSR count). The molecule has 2 aliphatic rings.